The summed E-state index contributed by atoms with van der Waals surface area (Å²) in [6.07, 6.45) is 4.32. The van der Waals surface area contributed by atoms with Crippen LogP contribution < -0.4 is 10.6 Å². The van der Waals surface area contributed by atoms with Crippen molar-refractivity contribution in [3.05, 3.63) is 29.8 Å². The van der Waals surface area contributed by atoms with Crippen LogP contribution in [0.2, 0.25) is 0 Å². The normalized spacial score (nSPS) is 21.4. The fraction of sp³-hybridized carbons (Fsp3) is 0.588. The molecule has 1 aliphatic rings. The van der Waals surface area contributed by atoms with Gasteiger partial charge in [0.15, 0.2) is 0 Å². The van der Waals surface area contributed by atoms with E-state index in [4.69, 9.17) is 0 Å². The molecule has 1 aromatic rings. The number of rotatable bonds is 4. The summed E-state index contributed by atoms with van der Waals surface area (Å²) in [5.41, 5.74) is 2.20. The van der Waals surface area contributed by atoms with Crippen molar-refractivity contribution >= 4 is 11.6 Å². The predicted molar refractivity (Wildman–Crippen MR) is 83.9 cm³/mol. The molecule has 1 saturated heterocycles. The molecule has 0 bridgehead atoms. The molecular formula is C17H26N2O. The Balaban J connectivity index is 2.11. The summed E-state index contributed by atoms with van der Waals surface area (Å²) >= 11 is 0. The number of anilines is 1. The van der Waals surface area contributed by atoms with Crippen LogP contribution in [0.3, 0.4) is 0 Å². The second-order valence-electron chi connectivity index (χ2n) is 6.38. The molecule has 1 atom stereocenters. The van der Waals surface area contributed by atoms with E-state index in [2.05, 4.69) is 37.5 Å². The van der Waals surface area contributed by atoms with Gasteiger partial charge in [0.05, 0.1) is 6.04 Å². The Morgan fingerprint density at radius 3 is 2.85 bits per heavy atom. The molecule has 110 valence electrons. The van der Waals surface area contributed by atoms with Crippen LogP contribution in [0.25, 0.3) is 0 Å². The third kappa shape index (κ3) is 3.40. The zero-order valence-corrected chi connectivity index (χ0v) is 12.8. The van der Waals surface area contributed by atoms with Crippen LogP contribution in [0.4, 0.5) is 5.69 Å². The van der Waals surface area contributed by atoms with E-state index in [1.807, 2.05) is 18.2 Å². The number of para-hydroxylation sites is 1. The lowest BCUT2D eigenvalue weighted by atomic mass is 9.77. The van der Waals surface area contributed by atoms with Gasteiger partial charge in [0.25, 0.3) is 0 Å². The fourth-order valence-corrected chi connectivity index (χ4v) is 2.99. The molecule has 3 nitrogen and oxygen atoms in total. The first-order valence-electron chi connectivity index (χ1n) is 7.67. The standard InChI is InChI=1S/C17H26N2O/c1-4-8-13-9-5-6-10-14(13)19-16(20)15-17(2,3)11-7-12-18-15/h5-6,9-10,15,18H,4,7-8,11-12H2,1-3H3,(H,19,20). The summed E-state index contributed by atoms with van der Waals surface area (Å²) in [7, 11) is 0. The number of carbonyl (C=O) groups excluding carboxylic acids is 1. The summed E-state index contributed by atoms with van der Waals surface area (Å²) < 4.78 is 0. The topological polar surface area (TPSA) is 41.1 Å². The molecule has 0 spiro atoms. The van der Waals surface area contributed by atoms with Gasteiger partial charge in [0, 0.05) is 5.69 Å². The van der Waals surface area contributed by atoms with Crippen LogP contribution >= 0.6 is 0 Å². The summed E-state index contributed by atoms with van der Waals surface area (Å²) in [5, 5.41) is 6.49. The van der Waals surface area contributed by atoms with Crippen molar-refractivity contribution in [3.63, 3.8) is 0 Å². The molecule has 2 rings (SSSR count). The van der Waals surface area contributed by atoms with E-state index in [0.29, 0.717) is 0 Å². The molecule has 0 aromatic heterocycles. The fourth-order valence-electron chi connectivity index (χ4n) is 2.99. The lowest BCUT2D eigenvalue weighted by Crippen LogP contribution is -2.53. The van der Waals surface area contributed by atoms with Crippen molar-refractivity contribution in [2.75, 3.05) is 11.9 Å². The minimum absolute atomic E-state index is 0.0159. The molecule has 1 heterocycles. The number of nitrogens with one attached hydrogen (secondary N) is 2. The number of piperidine rings is 1. The maximum absolute atomic E-state index is 12.6. The summed E-state index contributed by atoms with van der Waals surface area (Å²) in [5.74, 6) is 0.0956. The Hall–Kier alpha value is -1.35. The molecule has 3 heteroatoms. The summed E-state index contributed by atoms with van der Waals surface area (Å²) in [6, 6.07) is 8.00. The minimum atomic E-state index is -0.106. The van der Waals surface area contributed by atoms with Crippen LogP contribution in [0, 0.1) is 5.41 Å². The lowest BCUT2D eigenvalue weighted by molar-refractivity contribution is -0.121. The van der Waals surface area contributed by atoms with Crippen LogP contribution in [-0.2, 0) is 11.2 Å². The molecule has 1 aliphatic heterocycles. The second kappa shape index (κ2) is 6.40. The molecule has 1 fully saturated rings. The third-order valence-corrected chi connectivity index (χ3v) is 4.18. The van der Waals surface area contributed by atoms with E-state index in [1.165, 1.54) is 5.56 Å². The van der Waals surface area contributed by atoms with Gasteiger partial charge in [0.1, 0.15) is 0 Å². The Morgan fingerprint density at radius 1 is 1.40 bits per heavy atom. The first-order valence-corrected chi connectivity index (χ1v) is 7.67. The van der Waals surface area contributed by atoms with Gasteiger partial charge in [-0.25, -0.2) is 0 Å². The largest absolute Gasteiger partial charge is 0.324 e. The van der Waals surface area contributed by atoms with Gasteiger partial charge in [-0.15, -0.1) is 0 Å². The zero-order valence-electron chi connectivity index (χ0n) is 12.8. The van der Waals surface area contributed by atoms with Crippen molar-refractivity contribution in [1.82, 2.24) is 5.32 Å². The Morgan fingerprint density at radius 2 is 2.15 bits per heavy atom. The van der Waals surface area contributed by atoms with Crippen LogP contribution in [-0.4, -0.2) is 18.5 Å². The van der Waals surface area contributed by atoms with E-state index in [-0.39, 0.29) is 17.4 Å². The number of carbonyl (C=O) groups is 1. The molecule has 1 aromatic carbocycles. The predicted octanol–water partition coefficient (Wildman–Crippen LogP) is 3.36. The van der Waals surface area contributed by atoms with Crippen molar-refractivity contribution in [3.8, 4) is 0 Å². The Kier molecular flexibility index (Phi) is 4.81. The number of benzene rings is 1. The number of amides is 1. The molecule has 1 unspecified atom stereocenters. The highest BCUT2D eigenvalue weighted by atomic mass is 16.2. The maximum Gasteiger partial charge on any atom is 0.242 e. The van der Waals surface area contributed by atoms with E-state index in [0.717, 1.165) is 37.9 Å². The third-order valence-electron chi connectivity index (χ3n) is 4.18. The Bertz CT molecular complexity index is 468. The number of hydrogen-bond donors (Lipinski definition) is 2. The maximum atomic E-state index is 12.6. The van der Waals surface area contributed by atoms with Gasteiger partial charge < -0.3 is 10.6 Å². The minimum Gasteiger partial charge on any atom is -0.324 e. The molecule has 20 heavy (non-hydrogen) atoms. The number of hydrogen-bond acceptors (Lipinski definition) is 2. The molecular weight excluding hydrogens is 248 g/mol. The van der Waals surface area contributed by atoms with Gasteiger partial charge in [-0.3, -0.25) is 4.79 Å². The SMILES string of the molecule is CCCc1ccccc1NC(=O)C1NCCCC1(C)C. The van der Waals surface area contributed by atoms with E-state index in [9.17, 15) is 4.79 Å². The second-order valence-corrected chi connectivity index (χ2v) is 6.38. The summed E-state index contributed by atoms with van der Waals surface area (Å²) in [6.45, 7) is 7.42. The highest BCUT2D eigenvalue weighted by Gasteiger charge is 2.37. The highest BCUT2D eigenvalue weighted by molar-refractivity contribution is 5.96. The molecule has 2 N–H and O–H groups in total. The number of aryl methyl sites for hydroxylation is 1. The first-order chi connectivity index (χ1) is 9.54. The zero-order chi connectivity index (χ0) is 14.6. The van der Waals surface area contributed by atoms with Crippen LogP contribution in [0.15, 0.2) is 24.3 Å². The average Bonchev–Trinajstić information content (AvgIpc) is 2.40. The van der Waals surface area contributed by atoms with Crippen molar-refractivity contribution in [1.29, 1.82) is 0 Å². The van der Waals surface area contributed by atoms with Crippen LogP contribution in [0.5, 0.6) is 0 Å². The van der Waals surface area contributed by atoms with E-state index in [1.54, 1.807) is 0 Å². The van der Waals surface area contributed by atoms with Gasteiger partial charge in [-0.2, -0.15) is 0 Å². The van der Waals surface area contributed by atoms with Gasteiger partial charge in [0.2, 0.25) is 5.91 Å². The summed E-state index contributed by atoms with van der Waals surface area (Å²) in [4.78, 5) is 12.6. The van der Waals surface area contributed by atoms with Gasteiger partial charge in [-0.05, 0) is 42.9 Å². The molecule has 0 aliphatic carbocycles. The first kappa shape index (κ1) is 15.0. The Labute approximate surface area is 122 Å². The highest BCUT2D eigenvalue weighted by Crippen LogP contribution is 2.31. The van der Waals surface area contributed by atoms with Gasteiger partial charge in [-0.1, -0.05) is 45.4 Å². The lowest BCUT2D eigenvalue weighted by Gasteiger charge is -2.38. The average molecular weight is 274 g/mol. The van der Waals surface area contributed by atoms with Crippen molar-refractivity contribution in [2.24, 2.45) is 5.41 Å². The smallest absolute Gasteiger partial charge is 0.242 e. The van der Waals surface area contributed by atoms with Crippen LogP contribution in [0.1, 0.15) is 45.6 Å². The van der Waals surface area contributed by atoms with E-state index >= 15 is 0 Å². The molecule has 0 radical (unpaired) electrons. The monoisotopic (exact) mass is 274 g/mol. The quantitative estimate of drug-likeness (QED) is 0.884. The van der Waals surface area contributed by atoms with Gasteiger partial charge >= 0.3 is 0 Å². The molecule has 0 saturated carbocycles. The van der Waals surface area contributed by atoms with Crippen molar-refractivity contribution < 1.29 is 4.79 Å². The van der Waals surface area contributed by atoms with E-state index < -0.39 is 0 Å². The molecule has 1 amide bonds. The van der Waals surface area contributed by atoms with Crippen molar-refractivity contribution in [2.45, 2.75) is 52.5 Å².